The van der Waals surface area contributed by atoms with E-state index in [1.54, 1.807) is 0 Å². The van der Waals surface area contributed by atoms with Crippen molar-refractivity contribution in [2.24, 2.45) is 33.9 Å². The zero-order valence-corrected chi connectivity index (χ0v) is 65.9. The summed E-state index contributed by atoms with van der Waals surface area (Å²) in [6.45, 7) is 11.1. The van der Waals surface area contributed by atoms with Crippen molar-refractivity contribution in [3.8, 4) is 45.3 Å². The van der Waals surface area contributed by atoms with Gasteiger partial charge in [0, 0.05) is 22.3 Å². The summed E-state index contributed by atoms with van der Waals surface area (Å²) in [6, 6.07) is 84.9. The van der Waals surface area contributed by atoms with Crippen LogP contribution in [0.1, 0.15) is 250 Å². The summed E-state index contributed by atoms with van der Waals surface area (Å²) in [5.41, 5.74) is 16.0. The van der Waals surface area contributed by atoms with Crippen LogP contribution in [0.15, 0.2) is 241 Å². The maximum absolute atomic E-state index is 7.12. The van der Waals surface area contributed by atoms with E-state index in [0.29, 0.717) is 50.1 Å². The standard InChI is InChI=1S/C104H114N2O4/c1-5-13-71-21-37-79(38-22-71)83-45-29-75(30-46-83)67-107-97-61-53-87-17-9-11-19-93(87)101(97)103-95-59-57-91(65-89(95)55-63-99(103)109-69-77-33-49-85(50-34-77)81-41-25-73(15-7-3)26-42-81)105-106-92-58-60-96-90(66-92)56-64-100(110-70-78-35-51-86(52-36-78)82-43-27-74(16-8-4)28-44-82)104(96)102-94-20-12-10-18-88(94)54-62-98(102)108-68-76-31-47-84(48-32-76)80-39-23-72(14-6-2)24-40-80/h9-12,17-20,29-36,45-66,71-74,79-82H,5-8,13-16,21-28,37-44,67-70H2,1-4H3. The molecule has 0 radical (unpaired) electrons. The molecule has 16 rings (SSSR count). The van der Waals surface area contributed by atoms with Crippen molar-refractivity contribution in [3.63, 3.8) is 0 Å². The highest BCUT2D eigenvalue weighted by Gasteiger charge is 2.28. The van der Waals surface area contributed by atoms with Gasteiger partial charge in [0.05, 0.1) is 11.4 Å². The van der Waals surface area contributed by atoms with Gasteiger partial charge in [0.1, 0.15) is 49.4 Å². The fraction of sp³-hybridized carbons (Fsp3) is 0.385. The second-order valence-electron chi connectivity index (χ2n) is 33.4. The first-order valence-electron chi connectivity index (χ1n) is 42.7. The number of nitrogens with zero attached hydrogens (tertiary/aromatic N) is 2. The first-order valence-corrected chi connectivity index (χ1v) is 42.7. The Morgan fingerprint density at radius 1 is 0.245 bits per heavy atom. The second kappa shape index (κ2) is 35.7. The molecule has 4 saturated carbocycles. The normalized spacial score (nSPS) is 20.4. The molecule has 0 amide bonds. The molecule has 4 aliphatic rings. The number of fused-ring (bicyclic) bond motifs is 4. The minimum Gasteiger partial charge on any atom is -0.488 e. The van der Waals surface area contributed by atoms with Gasteiger partial charge in [0.25, 0.3) is 0 Å². The summed E-state index contributed by atoms with van der Waals surface area (Å²) < 4.78 is 28.4. The van der Waals surface area contributed by atoms with Gasteiger partial charge in [-0.2, -0.15) is 10.2 Å². The number of benzene rings is 12. The van der Waals surface area contributed by atoms with Crippen molar-refractivity contribution < 1.29 is 18.9 Å². The molecule has 4 fully saturated rings. The smallest absolute Gasteiger partial charge is 0.128 e. The average Bonchev–Trinajstić information content (AvgIpc) is 0.754. The quantitative estimate of drug-likeness (QED) is 0.0459. The molecule has 0 spiro atoms. The molecular formula is C104H114N2O4. The minimum atomic E-state index is 0.434. The van der Waals surface area contributed by atoms with Gasteiger partial charge < -0.3 is 18.9 Å². The van der Waals surface area contributed by atoms with Crippen molar-refractivity contribution in [2.75, 3.05) is 0 Å². The highest BCUT2D eigenvalue weighted by molar-refractivity contribution is 6.11. The number of rotatable bonds is 28. The van der Waals surface area contributed by atoms with Crippen LogP contribution in [-0.4, -0.2) is 0 Å². The molecule has 0 saturated heterocycles. The highest BCUT2D eigenvalue weighted by atomic mass is 16.5. The molecular weight excluding hydrogens is 1340 g/mol. The largest absolute Gasteiger partial charge is 0.488 e. The van der Waals surface area contributed by atoms with E-state index < -0.39 is 0 Å². The Kier molecular flexibility index (Phi) is 24.2. The van der Waals surface area contributed by atoms with Crippen molar-refractivity contribution in [1.29, 1.82) is 0 Å². The average molecular weight is 1460 g/mol. The molecule has 12 aromatic rings. The van der Waals surface area contributed by atoms with E-state index >= 15 is 0 Å². The molecule has 0 unspecified atom stereocenters. The van der Waals surface area contributed by atoms with E-state index in [9.17, 15) is 0 Å². The van der Waals surface area contributed by atoms with Gasteiger partial charge in [-0.1, -0.05) is 261 Å². The molecule has 0 aliphatic heterocycles. The fourth-order valence-electron chi connectivity index (χ4n) is 19.8. The molecule has 0 aromatic heterocycles. The van der Waals surface area contributed by atoms with Crippen molar-refractivity contribution >= 4 is 54.5 Å². The molecule has 564 valence electrons. The molecule has 0 bridgehead atoms. The van der Waals surface area contributed by atoms with Gasteiger partial charge in [-0.25, -0.2) is 0 Å². The van der Waals surface area contributed by atoms with Crippen LogP contribution in [0.2, 0.25) is 0 Å². The van der Waals surface area contributed by atoms with Crippen LogP contribution in [0.5, 0.6) is 23.0 Å². The third-order valence-corrected chi connectivity index (χ3v) is 26.0. The van der Waals surface area contributed by atoms with Crippen LogP contribution in [0.3, 0.4) is 0 Å². The molecule has 12 aromatic carbocycles. The Morgan fingerprint density at radius 2 is 0.491 bits per heavy atom. The fourth-order valence-corrected chi connectivity index (χ4v) is 19.8. The first kappa shape index (κ1) is 74.6. The van der Waals surface area contributed by atoms with Gasteiger partial charge in [-0.15, -0.1) is 0 Å². The molecule has 0 atom stereocenters. The van der Waals surface area contributed by atoms with Crippen LogP contribution in [-0.2, 0) is 26.4 Å². The van der Waals surface area contributed by atoms with Crippen molar-refractivity contribution in [2.45, 2.75) is 232 Å². The molecule has 0 N–H and O–H groups in total. The van der Waals surface area contributed by atoms with E-state index in [-0.39, 0.29) is 0 Å². The Balaban J connectivity index is 0.713. The summed E-state index contributed by atoms with van der Waals surface area (Å²) in [5, 5.41) is 18.7. The lowest BCUT2D eigenvalue weighted by molar-refractivity contribution is 0.302. The summed E-state index contributed by atoms with van der Waals surface area (Å²) in [5.74, 6) is 9.33. The lowest BCUT2D eigenvalue weighted by atomic mass is 9.77. The zero-order valence-electron chi connectivity index (χ0n) is 65.9. The van der Waals surface area contributed by atoms with Crippen molar-refractivity contribution in [1.82, 2.24) is 0 Å². The highest BCUT2D eigenvalue weighted by Crippen LogP contribution is 2.51. The Bertz CT molecular complexity index is 4740. The van der Waals surface area contributed by atoms with E-state index in [0.717, 1.165) is 146 Å². The number of ether oxygens (including phenoxy) is 4. The Hall–Kier alpha value is -9.52. The molecule has 0 heterocycles. The van der Waals surface area contributed by atoms with Gasteiger partial charge in [-0.05, 0) is 286 Å². The van der Waals surface area contributed by atoms with Crippen LogP contribution >= 0.6 is 0 Å². The predicted octanol–water partition coefficient (Wildman–Crippen LogP) is 30.7. The monoisotopic (exact) mass is 1450 g/mol. The predicted molar refractivity (Wildman–Crippen MR) is 459 cm³/mol. The minimum absolute atomic E-state index is 0.434. The summed E-state index contributed by atoms with van der Waals surface area (Å²) in [6.07, 6.45) is 31.6. The summed E-state index contributed by atoms with van der Waals surface area (Å²) in [4.78, 5) is 0. The number of azo groups is 1. The Labute approximate surface area is 655 Å². The maximum Gasteiger partial charge on any atom is 0.128 e. The first-order chi connectivity index (χ1) is 54.3. The van der Waals surface area contributed by atoms with Crippen molar-refractivity contribution in [3.05, 3.63) is 275 Å². The lowest BCUT2D eigenvalue weighted by Crippen LogP contribution is -2.13. The van der Waals surface area contributed by atoms with Crippen LogP contribution in [0, 0.1) is 23.7 Å². The van der Waals surface area contributed by atoms with Gasteiger partial charge >= 0.3 is 0 Å². The van der Waals surface area contributed by atoms with Gasteiger partial charge in [-0.3, -0.25) is 0 Å². The molecule has 6 nitrogen and oxygen atoms in total. The van der Waals surface area contributed by atoms with Gasteiger partial charge in [0.15, 0.2) is 0 Å². The van der Waals surface area contributed by atoms with Gasteiger partial charge in [0.2, 0.25) is 0 Å². The molecule has 4 aliphatic carbocycles. The summed E-state index contributed by atoms with van der Waals surface area (Å²) in [7, 11) is 0. The van der Waals surface area contributed by atoms with E-state index in [2.05, 4.69) is 258 Å². The summed E-state index contributed by atoms with van der Waals surface area (Å²) >= 11 is 0. The third-order valence-electron chi connectivity index (χ3n) is 26.0. The van der Waals surface area contributed by atoms with E-state index in [1.807, 2.05) is 0 Å². The maximum atomic E-state index is 7.12. The lowest BCUT2D eigenvalue weighted by Gasteiger charge is -2.28. The van der Waals surface area contributed by atoms with Crippen LogP contribution in [0.25, 0.3) is 65.3 Å². The van der Waals surface area contributed by atoms with Crippen LogP contribution in [0.4, 0.5) is 11.4 Å². The second-order valence-corrected chi connectivity index (χ2v) is 33.4. The Morgan fingerprint density at radius 3 is 0.755 bits per heavy atom. The SMILES string of the molecule is CCCC1CCC(c2ccc(COc3ccc4ccccc4c3-c3c(OCc4ccc(C5CCC(CCC)CC5)cc4)ccc4cc(N=Nc5ccc6c(-c7c(OCc8ccc(C9CCC(CCC)CC9)cc8)ccc8ccccc78)c(OCc7ccc(C8CCC(CCC)CC8)cc7)ccc6c5)ccc34)cc2)CC1. The molecule has 6 heteroatoms. The zero-order chi connectivity index (χ0) is 74.5. The molecule has 110 heavy (non-hydrogen) atoms. The third kappa shape index (κ3) is 17.5. The van der Waals surface area contributed by atoms with E-state index in [4.69, 9.17) is 29.2 Å². The van der Waals surface area contributed by atoms with E-state index in [1.165, 1.54) is 176 Å². The topological polar surface area (TPSA) is 61.6 Å². The number of hydrogen-bond acceptors (Lipinski definition) is 6. The number of hydrogen-bond donors (Lipinski definition) is 0. The van der Waals surface area contributed by atoms with Crippen LogP contribution < -0.4 is 18.9 Å².